The van der Waals surface area contributed by atoms with Crippen molar-refractivity contribution in [3.05, 3.63) is 0 Å². The summed E-state index contributed by atoms with van der Waals surface area (Å²) in [6, 6.07) is 0. The molecule has 0 aromatic heterocycles. The number of ether oxygens (including phenoxy) is 1. The fourth-order valence-corrected chi connectivity index (χ4v) is 1.52. The van der Waals surface area contributed by atoms with Crippen LogP contribution in [0.4, 0.5) is 0 Å². The van der Waals surface area contributed by atoms with Crippen molar-refractivity contribution in [2.75, 3.05) is 20.2 Å². The van der Waals surface area contributed by atoms with Crippen LogP contribution in [0.15, 0.2) is 0 Å². The van der Waals surface area contributed by atoms with E-state index >= 15 is 0 Å². The molecular weight excluding hydrogens is 194 g/mol. The first-order valence-corrected chi connectivity index (χ1v) is 5.54. The second-order valence-electron chi connectivity index (χ2n) is 3.93. The minimum absolute atomic E-state index is 0.209. The maximum atomic E-state index is 11.8. The molecule has 0 atom stereocenters. The van der Waals surface area contributed by atoms with E-state index in [1.807, 2.05) is 6.92 Å². The van der Waals surface area contributed by atoms with E-state index < -0.39 is 0 Å². The second-order valence-corrected chi connectivity index (χ2v) is 3.93. The van der Waals surface area contributed by atoms with Crippen molar-refractivity contribution in [1.82, 2.24) is 4.90 Å². The predicted molar refractivity (Wildman–Crippen MR) is 56.2 cm³/mol. The molecule has 1 rings (SSSR count). The summed E-state index contributed by atoms with van der Waals surface area (Å²) in [5, 5.41) is 0. The van der Waals surface area contributed by atoms with Crippen LogP contribution in [0.3, 0.4) is 0 Å². The van der Waals surface area contributed by atoms with Crippen molar-refractivity contribution >= 4 is 11.9 Å². The van der Waals surface area contributed by atoms with Crippen molar-refractivity contribution in [2.45, 2.75) is 32.6 Å². The van der Waals surface area contributed by atoms with Gasteiger partial charge in [0.15, 0.2) is 0 Å². The highest BCUT2D eigenvalue weighted by Crippen LogP contribution is 2.31. The summed E-state index contributed by atoms with van der Waals surface area (Å²) in [7, 11) is 1.37. The van der Waals surface area contributed by atoms with Crippen LogP contribution in [0.2, 0.25) is 0 Å². The lowest BCUT2D eigenvalue weighted by atomic mass is 10.3. The molecule has 0 aliphatic heterocycles. The molecule has 0 radical (unpaired) electrons. The van der Waals surface area contributed by atoms with Gasteiger partial charge in [-0.2, -0.15) is 0 Å². The van der Waals surface area contributed by atoms with Gasteiger partial charge < -0.3 is 9.64 Å². The number of nitrogens with zero attached hydrogens (tertiary/aromatic N) is 1. The van der Waals surface area contributed by atoms with Crippen LogP contribution in [0.1, 0.15) is 32.6 Å². The molecule has 0 unspecified atom stereocenters. The van der Waals surface area contributed by atoms with Gasteiger partial charge in [-0.15, -0.1) is 0 Å². The van der Waals surface area contributed by atoms with E-state index in [9.17, 15) is 9.59 Å². The van der Waals surface area contributed by atoms with Crippen LogP contribution in [-0.4, -0.2) is 37.0 Å². The summed E-state index contributed by atoms with van der Waals surface area (Å²) in [6.45, 7) is 3.27. The van der Waals surface area contributed by atoms with Crippen molar-refractivity contribution < 1.29 is 14.3 Å². The summed E-state index contributed by atoms with van der Waals surface area (Å²) in [4.78, 5) is 24.5. The Balaban J connectivity index is 2.35. The highest BCUT2D eigenvalue weighted by Gasteiger charge is 2.33. The van der Waals surface area contributed by atoms with Gasteiger partial charge >= 0.3 is 5.97 Å². The van der Waals surface area contributed by atoms with Gasteiger partial charge in [0.2, 0.25) is 5.91 Å². The summed E-state index contributed by atoms with van der Waals surface area (Å²) in [6.07, 6.45) is 3.25. The summed E-state index contributed by atoms with van der Waals surface area (Å²) < 4.78 is 4.56. The molecule has 1 aliphatic carbocycles. The zero-order valence-corrected chi connectivity index (χ0v) is 9.49. The van der Waals surface area contributed by atoms with Gasteiger partial charge in [-0.05, 0) is 19.3 Å². The Labute approximate surface area is 90.6 Å². The fraction of sp³-hybridized carbons (Fsp3) is 0.818. The molecule has 4 nitrogen and oxygen atoms in total. The molecule has 1 aliphatic rings. The van der Waals surface area contributed by atoms with Gasteiger partial charge in [0.1, 0.15) is 0 Å². The normalized spacial score (nSPS) is 14.8. The molecule has 0 saturated heterocycles. The van der Waals surface area contributed by atoms with Gasteiger partial charge in [0.25, 0.3) is 0 Å². The molecule has 1 amide bonds. The van der Waals surface area contributed by atoms with Gasteiger partial charge in [-0.3, -0.25) is 9.59 Å². The van der Waals surface area contributed by atoms with Gasteiger partial charge in [-0.25, -0.2) is 0 Å². The van der Waals surface area contributed by atoms with E-state index in [1.165, 1.54) is 7.11 Å². The number of methoxy groups -OCH3 is 1. The van der Waals surface area contributed by atoms with Gasteiger partial charge in [0.05, 0.1) is 13.5 Å². The number of hydrogen-bond acceptors (Lipinski definition) is 3. The minimum Gasteiger partial charge on any atom is -0.469 e. The molecule has 0 N–H and O–H groups in total. The van der Waals surface area contributed by atoms with E-state index in [0.29, 0.717) is 13.0 Å². The third kappa shape index (κ3) is 3.90. The maximum absolute atomic E-state index is 11.8. The summed E-state index contributed by atoms with van der Waals surface area (Å²) in [5.41, 5.74) is 0. The Hall–Kier alpha value is -1.06. The van der Waals surface area contributed by atoms with E-state index in [1.54, 1.807) is 4.90 Å². The van der Waals surface area contributed by atoms with E-state index in [-0.39, 0.29) is 17.8 Å². The molecule has 4 heteroatoms. The first-order chi connectivity index (χ1) is 7.19. The van der Waals surface area contributed by atoms with Crippen molar-refractivity contribution in [1.29, 1.82) is 0 Å². The van der Waals surface area contributed by atoms with Crippen molar-refractivity contribution in [3.8, 4) is 0 Å². The van der Waals surface area contributed by atoms with E-state index in [4.69, 9.17) is 0 Å². The predicted octanol–water partition coefficient (Wildman–Crippen LogP) is 1.20. The summed E-state index contributed by atoms with van der Waals surface area (Å²) >= 11 is 0. The molecule has 0 bridgehead atoms. The first-order valence-electron chi connectivity index (χ1n) is 5.54. The second kappa shape index (κ2) is 5.73. The third-order valence-corrected chi connectivity index (χ3v) is 2.55. The van der Waals surface area contributed by atoms with Crippen LogP contribution in [0.5, 0.6) is 0 Å². The monoisotopic (exact) mass is 213 g/mol. The average molecular weight is 213 g/mol. The Morgan fingerprint density at radius 1 is 1.33 bits per heavy atom. The van der Waals surface area contributed by atoms with Crippen LogP contribution in [0.25, 0.3) is 0 Å². The lowest BCUT2D eigenvalue weighted by molar-refractivity contribution is -0.142. The molecule has 15 heavy (non-hydrogen) atoms. The van der Waals surface area contributed by atoms with Crippen LogP contribution in [-0.2, 0) is 14.3 Å². The average Bonchev–Trinajstić information content (AvgIpc) is 3.06. The Morgan fingerprint density at radius 3 is 2.47 bits per heavy atom. The van der Waals surface area contributed by atoms with Crippen molar-refractivity contribution in [3.63, 3.8) is 0 Å². The largest absolute Gasteiger partial charge is 0.469 e. The highest BCUT2D eigenvalue weighted by atomic mass is 16.5. The lowest BCUT2D eigenvalue weighted by Crippen LogP contribution is -2.34. The maximum Gasteiger partial charge on any atom is 0.307 e. The SMILES string of the molecule is CCCN(CCC(=O)OC)C(=O)C1CC1. The third-order valence-electron chi connectivity index (χ3n) is 2.55. The quantitative estimate of drug-likeness (QED) is 0.623. The van der Waals surface area contributed by atoms with E-state index in [2.05, 4.69) is 4.74 Å². The number of rotatable bonds is 6. The minimum atomic E-state index is -0.250. The number of carbonyl (C=O) groups excluding carboxylic acids is 2. The zero-order valence-electron chi connectivity index (χ0n) is 9.49. The molecule has 0 spiro atoms. The van der Waals surface area contributed by atoms with Gasteiger partial charge in [-0.1, -0.05) is 6.92 Å². The topological polar surface area (TPSA) is 46.6 Å². The Morgan fingerprint density at radius 2 is 2.00 bits per heavy atom. The number of hydrogen-bond donors (Lipinski definition) is 0. The summed E-state index contributed by atoms with van der Waals surface area (Å²) in [5.74, 6) is 0.189. The van der Waals surface area contributed by atoms with Crippen LogP contribution >= 0.6 is 0 Å². The van der Waals surface area contributed by atoms with Crippen LogP contribution in [0, 0.1) is 5.92 Å². The van der Waals surface area contributed by atoms with Crippen molar-refractivity contribution in [2.24, 2.45) is 5.92 Å². The Bertz CT molecular complexity index is 236. The molecule has 1 saturated carbocycles. The first kappa shape index (κ1) is 12.0. The molecular formula is C11H19NO3. The van der Waals surface area contributed by atoms with E-state index in [0.717, 1.165) is 25.8 Å². The molecule has 0 aromatic carbocycles. The molecule has 1 fully saturated rings. The number of amides is 1. The smallest absolute Gasteiger partial charge is 0.307 e. The lowest BCUT2D eigenvalue weighted by Gasteiger charge is -2.21. The Kier molecular flexibility index (Phi) is 4.59. The zero-order chi connectivity index (χ0) is 11.3. The number of carbonyl (C=O) groups is 2. The number of esters is 1. The fourth-order valence-electron chi connectivity index (χ4n) is 1.52. The standard InChI is InChI=1S/C11H19NO3/c1-3-7-12(8-6-10(13)15-2)11(14)9-4-5-9/h9H,3-8H2,1-2H3. The molecule has 0 aromatic rings. The highest BCUT2D eigenvalue weighted by molar-refractivity contribution is 5.81. The van der Waals surface area contributed by atoms with Crippen LogP contribution < -0.4 is 0 Å². The van der Waals surface area contributed by atoms with Gasteiger partial charge in [0, 0.05) is 19.0 Å². The molecule has 86 valence electrons. The molecule has 0 heterocycles.